The number of rotatable bonds is 10. The summed E-state index contributed by atoms with van der Waals surface area (Å²) in [7, 11) is 1.62. The fourth-order valence-corrected chi connectivity index (χ4v) is 3.37. The molecule has 0 aliphatic heterocycles. The van der Waals surface area contributed by atoms with Gasteiger partial charge in [0.2, 0.25) is 0 Å². The van der Waals surface area contributed by atoms with Gasteiger partial charge >= 0.3 is 0 Å². The minimum Gasteiger partial charge on any atom is -0.497 e. The van der Waals surface area contributed by atoms with Gasteiger partial charge in [0.05, 0.1) is 12.7 Å². The summed E-state index contributed by atoms with van der Waals surface area (Å²) < 4.78 is 17.2. The summed E-state index contributed by atoms with van der Waals surface area (Å²) in [4.78, 5) is 13.0. The van der Waals surface area contributed by atoms with Crippen LogP contribution in [0, 0.1) is 0 Å². The molecule has 0 bridgehead atoms. The number of benzene rings is 4. The fourth-order valence-electron chi connectivity index (χ4n) is 3.37. The van der Waals surface area contributed by atoms with Crippen LogP contribution in [0.1, 0.15) is 27.0 Å². The van der Waals surface area contributed by atoms with E-state index in [1.807, 2.05) is 84.9 Å². The van der Waals surface area contributed by atoms with E-state index < -0.39 is 0 Å². The molecule has 4 aromatic carbocycles. The highest BCUT2D eigenvalue weighted by Gasteiger charge is 2.13. The predicted octanol–water partition coefficient (Wildman–Crippen LogP) is 6.75. The van der Waals surface area contributed by atoms with Gasteiger partial charge in [0.15, 0.2) is 5.78 Å². The first kappa shape index (κ1) is 22.9. The molecule has 34 heavy (non-hydrogen) atoms. The zero-order valence-corrected chi connectivity index (χ0v) is 19.0. The van der Waals surface area contributed by atoms with Crippen LogP contribution in [0.15, 0.2) is 109 Å². The summed E-state index contributed by atoms with van der Waals surface area (Å²) in [6.45, 7) is 0.787. The number of allylic oxidation sites excluding steroid dienone is 1. The summed E-state index contributed by atoms with van der Waals surface area (Å²) in [6, 6.07) is 32.6. The number of carbonyl (C=O) groups is 1. The molecule has 0 saturated carbocycles. The van der Waals surface area contributed by atoms with Gasteiger partial charge in [0.25, 0.3) is 0 Å². The van der Waals surface area contributed by atoms with Crippen molar-refractivity contribution in [3.05, 3.63) is 131 Å². The summed E-state index contributed by atoms with van der Waals surface area (Å²) >= 11 is 0. The lowest BCUT2D eigenvalue weighted by molar-refractivity contribution is 0.104. The van der Waals surface area contributed by atoms with Gasteiger partial charge in [-0.2, -0.15) is 0 Å². The lowest BCUT2D eigenvalue weighted by Gasteiger charge is -2.13. The van der Waals surface area contributed by atoms with Crippen LogP contribution in [0.25, 0.3) is 6.08 Å². The largest absolute Gasteiger partial charge is 0.497 e. The Morgan fingerprint density at radius 3 is 1.91 bits per heavy atom. The summed E-state index contributed by atoms with van der Waals surface area (Å²) in [5.41, 5.74) is 3.47. The Kier molecular flexibility index (Phi) is 7.75. The van der Waals surface area contributed by atoms with Crippen molar-refractivity contribution in [3.63, 3.8) is 0 Å². The second-order valence-corrected chi connectivity index (χ2v) is 7.68. The minimum atomic E-state index is -0.145. The van der Waals surface area contributed by atoms with Gasteiger partial charge in [-0.1, -0.05) is 78.9 Å². The Balaban J connectivity index is 1.53. The molecule has 0 unspecified atom stereocenters. The normalized spacial score (nSPS) is 10.7. The molecule has 0 fully saturated rings. The second-order valence-electron chi connectivity index (χ2n) is 7.68. The second kappa shape index (κ2) is 11.5. The highest BCUT2D eigenvalue weighted by Crippen LogP contribution is 2.28. The van der Waals surface area contributed by atoms with Crippen LogP contribution in [0.4, 0.5) is 0 Å². The molecule has 4 aromatic rings. The van der Waals surface area contributed by atoms with Crippen LogP contribution in [0.2, 0.25) is 0 Å². The first-order valence-electron chi connectivity index (χ1n) is 11.1. The number of ketones is 1. The van der Waals surface area contributed by atoms with E-state index in [-0.39, 0.29) is 5.78 Å². The lowest BCUT2D eigenvalue weighted by Crippen LogP contribution is -2.04. The highest BCUT2D eigenvalue weighted by atomic mass is 16.5. The van der Waals surface area contributed by atoms with Crippen LogP contribution in [-0.2, 0) is 13.2 Å². The number of hydrogen-bond donors (Lipinski definition) is 0. The van der Waals surface area contributed by atoms with Crippen LogP contribution >= 0.6 is 0 Å². The summed E-state index contributed by atoms with van der Waals surface area (Å²) in [6.07, 6.45) is 3.33. The SMILES string of the molecule is COc1ccc(/[13CH]=[13CH]/[13C](=O)c2ccc(OCc3ccccc3)cc2OCc2ccccc2)cc1. The molecule has 0 saturated heterocycles. The van der Waals surface area contributed by atoms with Gasteiger partial charge in [0.1, 0.15) is 30.5 Å². The average Bonchev–Trinajstić information content (AvgIpc) is 2.91. The molecule has 4 rings (SSSR count). The van der Waals surface area contributed by atoms with Crippen LogP contribution in [-0.4, -0.2) is 12.9 Å². The smallest absolute Gasteiger partial charge is 0.189 e. The predicted molar refractivity (Wildman–Crippen MR) is 134 cm³/mol. The van der Waals surface area contributed by atoms with Crippen molar-refractivity contribution in [1.82, 2.24) is 0 Å². The molecule has 0 amide bonds. The van der Waals surface area contributed by atoms with Gasteiger partial charge in [-0.05, 0) is 47.0 Å². The van der Waals surface area contributed by atoms with Crippen molar-refractivity contribution in [2.45, 2.75) is 13.2 Å². The van der Waals surface area contributed by atoms with E-state index in [2.05, 4.69) is 0 Å². The molecule has 0 radical (unpaired) electrons. The number of methoxy groups -OCH3 is 1. The molecular formula is C30H26O4. The summed E-state index contributed by atoms with van der Waals surface area (Å²) in [5.74, 6) is 1.75. The topological polar surface area (TPSA) is 44.8 Å². The number of hydrogen-bond acceptors (Lipinski definition) is 4. The molecule has 170 valence electrons. The molecule has 0 aromatic heterocycles. The summed E-state index contributed by atoms with van der Waals surface area (Å²) in [5, 5.41) is 0. The molecule has 0 spiro atoms. The van der Waals surface area contributed by atoms with Gasteiger partial charge in [-0.3, -0.25) is 4.79 Å². The lowest BCUT2D eigenvalue weighted by atomic mass is 10.2. The van der Waals surface area contributed by atoms with Crippen molar-refractivity contribution < 1.29 is 19.0 Å². The molecule has 0 atom stereocenters. The zero-order valence-electron chi connectivity index (χ0n) is 19.0. The molecule has 0 N–H and O–H groups in total. The number of carbonyl (C=O) groups excluding carboxylic acids is 1. The Morgan fingerprint density at radius 1 is 0.706 bits per heavy atom. The Bertz CT molecular complexity index is 1230. The van der Waals surface area contributed by atoms with Crippen LogP contribution < -0.4 is 14.2 Å². The molecule has 0 aliphatic carbocycles. The van der Waals surface area contributed by atoms with Crippen molar-refractivity contribution >= 4 is 11.9 Å². The Labute approximate surface area is 200 Å². The van der Waals surface area contributed by atoms with E-state index in [9.17, 15) is 4.79 Å². The quantitative estimate of drug-likeness (QED) is 0.151. The zero-order chi connectivity index (χ0) is 23.6. The average molecular weight is 454 g/mol. The highest BCUT2D eigenvalue weighted by molar-refractivity contribution is 6.08. The first-order valence-corrected chi connectivity index (χ1v) is 11.1. The van der Waals surface area contributed by atoms with Gasteiger partial charge in [-0.25, -0.2) is 0 Å². The van der Waals surface area contributed by atoms with E-state index >= 15 is 0 Å². The standard InChI is InChI=1S/C30H26O4/c1-32-26-15-12-23(13-16-26)14-19-29(31)28-18-17-27(33-21-24-8-4-2-5-9-24)20-30(28)34-22-25-10-6-3-7-11-25/h2-20H,21-22H2,1H3/b19-14+/i14+1,19+1,29+1. The molecule has 4 nitrogen and oxygen atoms in total. The molecular weight excluding hydrogens is 427 g/mol. The van der Waals surface area contributed by atoms with Crippen molar-refractivity contribution in [3.8, 4) is 17.2 Å². The first-order chi connectivity index (χ1) is 16.7. The third kappa shape index (κ3) is 6.36. The van der Waals surface area contributed by atoms with Crippen molar-refractivity contribution in [2.24, 2.45) is 0 Å². The van der Waals surface area contributed by atoms with Gasteiger partial charge < -0.3 is 14.2 Å². The maximum Gasteiger partial charge on any atom is 0.189 e. The maximum absolute atomic E-state index is 13.0. The minimum absolute atomic E-state index is 0.145. The third-order valence-electron chi connectivity index (χ3n) is 5.25. The maximum atomic E-state index is 13.0. The molecule has 0 heterocycles. The van der Waals surface area contributed by atoms with E-state index in [4.69, 9.17) is 14.2 Å². The van der Waals surface area contributed by atoms with E-state index in [0.717, 1.165) is 22.4 Å². The van der Waals surface area contributed by atoms with E-state index in [1.54, 1.807) is 37.5 Å². The van der Waals surface area contributed by atoms with Gasteiger partial charge in [0, 0.05) is 6.07 Å². The van der Waals surface area contributed by atoms with E-state index in [0.29, 0.717) is 30.3 Å². The van der Waals surface area contributed by atoms with Gasteiger partial charge in [-0.15, -0.1) is 0 Å². The third-order valence-corrected chi connectivity index (χ3v) is 5.25. The Hall–Kier alpha value is -4.31. The molecule has 0 aliphatic rings. The monoisotopic (exact) mass is 453 g/mol. The number of ether oxygens (including phenoxy) is 3. The van der Waals surface area contributed by atoms with Crippen LogP contribution in [0.5, 0.6) is 17.2 Å². The van der Waals surface area contributed by atoms with Crippen LogP contribution in [0.3, 0.4) is 0 Å². The Morgan fingerprint density at radius 2 is 1.29 bits per heavy atom. The fraction of sp³-hybridized carbons (Fsp3) is 0.100. The molecule has 4 heteroatoms. The van der Waals surface area contributed by atoms with Crippen molar-refractivity contribution in [2.75, 3.05) is 7.11 Å². The van der Waals surface area contributed by atoms with Crippen molar-refractivity contribution in [1.29, 1.82) is 0 Å². The van der Waals surface area contributed by atoms with E-state index in [1.165, 1.54) is 0 Å².